The summed E-state index contributed by atoms with van der Waals surface area (Å²) in [5.41, 5.74) is 2.98. The Hall–Kier alpha value is -2.63. The summed E-state index contributed by atoms with van der Waals surface area (Å²) in [6.45, 7) is 2.11. The molecule has 3 aromatic carbocycles. The van der Waals surface area contributed by atoms with Gasteiger partial charge >= 0.3 is 0 Å². The highest BCUT2D eigenvalue weighted by Crippen LogP contribution is 2.27. The van der Waals surface area contributed by atoms with E-state index in [1.54, 1.807) is 12.1 Å². The first kappa shape index (κ1) is 19.1. The molecule has 0 unspecified atom stereocenters. The van der Waals surface area contributed by atoms with Gasteiger partial charge in [-0.05, 0) is 35.7 Å². The highest BCUT2D eigenvalue weighted by atomic mass is 32.2. The van der Waals surface area contributed by atoms with Crippen LogP contribution in [0.1, 0.15) is 22.6 Å². The van der Waals surface area contributed by atoms with Gasteiger partial charge in [0.1, 0.15) is 10.6 Å². The van der Waals surface area contributed by atoms with E-state index in [4.69, 9.17) is 4.74 Å². The monoisotopic (exact) mass is 381 g/mol. The van der Waals surface area contributed by atoms with Crippen LogP contribution in [0.5, 0.6) is 5.75 Å². The molecule has 1 N–H and O–H groups in total. The van der Waals surface area contributed by atoms with E-state index in [1.807, 2.05) is 73.7 Å². The fraction of sp³-hybridized carbons (Fsp3) is 0.182. The SMILES string of the molecule is COc1ccc(C)cc1S(=O)(=O)NCC(c1ccccc1)c1ccccc1. The lowest BCUT2D eigenvalue weighted by atomic mass is 9.92. The molecule has 0 aliphatic rings. The standard InChI is InChI=1S/C22H23NO3S/c1-17-13-14-21(26-2)22(15-17)27(24,25)23-16-20(18-9-5-3-6-10-18)19-11-7-4-8-12-19/h3-15,20,23H,16H2,1-2H3. The minimum atomic E-state index is -3.71. The van der Waals surface area contributed by atoms with Gasteiger partial charge in [0.25, 0.3) is 0 Å². The maximum Gasteiger partial charge on any atom is 0.244 e. The van der Waals surface area contributed by atoms with Crippen molar-refractivity contribution in [3.63, 3.8) is 0 Å². The molecule has 0 saturated heterocycles. The number of aryl methyl sites for hydroxylation is 1. The van der Waals surface area contributed by atoms with Gasteiger partial charge in [-0.25, -0.2) is 13.1 Å². The molecule has 0 heterocycles. The van der Waals surface area contributed by atoms with Gasteiger partial charge < -0.3 is 4.74 Å². The number of hydrogen-bond donors (Lipinski definition) is 1. The molecule has 27 heavy (non-hydrogen) atoms. The maximum atomic E-state index is 12.9. The third kappa shape index (κ3) is 4.56. The van der Waals surface area contributed by atoms with Crippen molar-refractivity contribution < 1.29 is 13.2 Å². The molecule has 0 atom stereocenters. The number of rotatable bonds is 7. The molecule has 0 spiro atoms. The summed E-state index contributed by atoms with van der Waals surface area (Å²) in [6.07, 6.45) is 0. The minimum absolute atomic E-state index is 0.0852. The Morgan fingerprint density at radius 2 is 1.44 bits per heavy atom. The summed E-state index contributed by atoms with van der Waals surface area (Å²) in [7, 11) is -2.24. The van der Waals surface area contributed by atoms with Crippen molar-refractivity contribution in [1.29, 1.82) is 0 Å². The molecular weight excluding hydrogens is 358 g/mol. The number of sulfonamides is 1. The normalized spacial score (nSPS) is 11.5. The average molecular weight is 381 g/mol. The second-order valence-corrected chi connectivity index (χ2v) is 8.12. The van der Waals surface area contributed by atoms with Crippen molar-refractivity contribution in [1.82, 2.24) is 4.72 Å². The van der Waals surface area contributed by atoms with E-state index in [2.05, 4.69) is 4.72 Å². The summed E-state index contributed by atoms with van der Waals surface area (Å²) in [4.78, 5) is 0.157. The Labute approximate surface area is 160 Å². The van der Waals surface area contributed by atoms with Crippen molar-refractivity contribution in [3.8, 4) is 5.75 Å². The first-order chi connectivity index (χ1) is 13.0. The second kappa shape index (κ2) is 8.37. The van der Waals surface area contributed by atoms with E-state index in [1.165, 1.54) is 7.11 Å². The van der Waals surface area contributed by atoms with E-state index in [9.17, 15) is 8.42 Å². The number of hydrogen-bond acceptors (Lipinski definition) is 3. The Morgan fingerprint density at radius 3 is 1.96 bits per heavy atom. The molecule has 0 fully saturated rings. The van der Waals surface area contributed by atoms with Crippen molar-refractivity contribution in [2.24, 2.45) is 0 Å². The van der Waals surface area contributed by atoms with Crippen LogP contribution in [-0.4, -0.2) is 22.1 Å². The van der Waals surface area contributed by atoms with E-state index in [-0.39, 0.29) is 17.4 Å². The molecule has 0 bridgehead atoms. The van der Waals surface area contributed by atoms with E-state index >= 15 is 0 Å². The fourth-order valence-electron chi connectivity index (χ4n) is 3.06. The van der Waals surface area contributed by atoms with Crippen LogP contribution >= 0.6 is 0 Å². The molecule has 0 aromatic heterocycles. The van der Waals surface area contributed by atoms with Gasteiger partial charge in [0.2, 0.25) is 10.0 Å². The van der Waals surface area contributed by atoms with Gasteiger partial charge in [-0.3, -0.25) is 0 Å². The number of methoxy groups -OCH3 is 1. The molecule has 5 heteroatoms. The molecule has 3 rings (SSSR count). The third-order valence-electron chi connectivity index (χ3n) is 4.49. The Bertz CT molecular complexity index is 947. The molecule has 3 aromatic rings. The zero-order chi connectivity index (χ0) is 19.3. The zero-order valence-electron chi connectivity index (χ0n) is 15.4. The van der Waals surface area contributed by atoms with Gasteiger partial charge in [-0.15, -0.1) is 0 Å². The van der Waals surface area contributed by atoms with Gasteiger partial charge in [-0.1, -0.05) is 66.7 Å². The second-order valence-electron chi connectivity index (χ2n) is 6.38. The predicted octanol–water partition coefficient (Wildman–Crippen LogP) is 4.11. The Morgan fingerprint density at radius 1 is 0.889 bits per heavy atom. The van der Waals surface area contributed by atoms with E-state index in [0.717, 1.165) is 16.7 Å². The molecule has 0 saturated carbocycles. The summed E-state index contributed by atoms with van der Waals surface area (Å²) in [6, 6.07) is 24.9. The van der Waals surface area contributed by atoms with Crippen LogP contribution in [0.2, 0.25) is 0 Å². The maximum absolute atomic E-state index is 12.9. The van der Waals surface area contributed by atoms with Crippen LogP contribution in [0.4, 0.5) is 0 Å². The van der Waals surface area contributed by atoms with E-state index in [0.29, 0.717) is 5.75 Å². The van der Waals surface area contributed by atoms with Gasteiger partial charge in [0, 0.05) is 12.5 Å². The fourth-order valence-corrected chi connectivity index (χ4v) is 4.36. The minimum Gasteiger partial charge on any atom is -0.495 e. The van der Waals surface area contributed by atoms with Crippen molar-refractivity contribution in [2.75, 3.05) is 13.7 Å². The molecular formula is C22H23NO3S. The number of nitrogens with one attached hydrogen (secondary N) is 1. The average Bonchev–Trinajstić information content (AvgIpc) is 2.70. The zero-order valence-corrected chi connectivity index (χ0v) is 16.2. The van der Waals surface area contributed by atoms with Crippen LogP contribution in [0.3, 0.4) is 0 Å². The number of benzene rings is 3. The highest BCUT2D eigenvalue weighted by molar-refractivity contribution is 7.89. The summed E-state index contributed by atoms with van der Waals surface area (Å²) in [5, 5.41) is 0. The topological polar surface area (TPSA) is 55.4 Å². The van der Waals surface area contributed by atoms with Crippen molar-refractivity contribution in [2.45, 2.75) is 17.7 Å². The number of ether oxygens (including phenoxy) is 1. The Balaban J connectivity index is 1.91. The van der Waals surface area contributed by atoms with Crippen molar-refractivity contribution >= 4 is 10.0 Å². The first-order valence-electron chi connectivity index (χ1n) is 8.75. The lowest BCUT2D eigenvalue weighted by Crippen LogP contribution is -2.29. The molecule has 0 aliphatic heterocycles. The first-order valence-corrected chi connectivity index (χ1v) is 10.2. The summed E-state index contributed by atoms with van der Waals surface area (Å²) >= 11 is 0. The lowest BCUT2D eigenvalue weighted by molar-refractivity contribution is 0.402. The van der Waals surface area contributed by atoms with E-state index < -0.39 is 10.0 Å². The van der Waals surface area contributed by atoms with Crippen LogP contribution in [0.25, 0.3) is 0 Å². The quantitative estimate of drug-likeness (QED) is 0.670. The van der Waals surface area contributed by atoms with Gasteiger partial charge in [-0.2, -0.15) is 0 Å². The Kier molecular flexibility index (Phi) is 5.94. The predicted molar refractivity (Wildman–Crippen MR) is 108 cm³/mol. The summed E-state index contributed by atoms with van der Waals surface area (Å²) in [5.74, 6) is 0.252. The van der Waals surface area contributed by atoms with Gasteiger partial charge in [0.05, 0.1) is 7.11 Å². The van der Waals surface area contributed by atoms with Crippen LogP contribution < -0.4 is 9.46 Å². The smallest absolute Gasteiger partial charge is 0.244 e. The van der Waals surface area contributed by atoms with Crippen molar-refractivity contribution in [3.05, 3.63) is 95.6 Å². The van der Waals surface area contributed by atoms with Gasteiger partial charge in [0.15, 0.2) is 0 Å². The van der Waals surface area contributed by atoms with Crippen LogP contribution in [-0.2, 0) is 10.0 Å². The largest absolute Gasteiger partial charge is 0.495 e. The van der Waals surface area contributed by atoms with Crippen LogP contribution in [0, 0.1) is 6.92 Å². The lowest BCUT2D eigenvalue weighted by Gasteiger charge is -2.19. The molecule has 0 aliphatic carbocycles. The molecule has 4 nitrogen and oxygen atoms in total. The third-order valence-corrected chi connectivity index (χ3v) is 5.93. The highest BCUT2D eigenvalue weighted by Gasteiger charge is 2.22. The molecule has 0 amide bonds. The molecule has 0 radical (unpaired) electrons. The van der Waals surface area contributed by atoms with Crippen LogP contribution in [0.15, 0.2) is 83.8 Å². The summed E-state index contributed by atoms with van der Waals surface area (Å²) < 4.78 is 33.9. The molecule has 140 valence electrons.